The van der Waals surface area contributed by atoms with E-state index in [9.17, 15) is 14.7 Å². The number of ether oxygens (including phenoxy) is 2. The van der Waals surface area contributed by atoms with Crippen LogP contribution >= 0.6 is 11.6 Å². The Morgan fingerprint density at radius 1 is 1.52 bits per heavy atom. The fraction of sp³-hybridized carbons (Fsp3) is 0.524. The van der Waals surface area contributed by atoms with E-state index >= 15 is 0 Å². The highest BCUT2D eigenvalue weighted by Crippen LogP contribution is 2.41. The van der Waals surface area contributed by atoms with Crippen molar-refractivity contribution in [1.82, 2.24) is 0 Å². The molecule has 1 aliphatic heterocycles. The van der Waals surface area contributed by atoms with Gasteiger partial charge in [-0.05, 0) is 37.5 Å². The molecule has 27 heavy (non-hydrogen) atoms. The van der Waals surface area contributed by atoms with E-state index in [1.807, 2.05) is 19.1 Å². The Balaban J connectivity index is 2.34. The van der Waals surface area contributed by atoms with Crippen molar-refractivity contribution in [3.05, 3.63) is 46.2 Å². The summed E-state index contributed by atoms with van der Waals surface area (Å²) in [5, 5.41) is 10.5. The molecule has 1 N–H and O–H groups in total. The number of carbonyl (C=O) groups excluding carboxylic acids is 2. The molecule has 4 atom stereocenters. The van der Waals surface area contributed by atoms with Crippen LogP contribution in [0.25, 0.3) is 0 Å². The van der Waals surface area contributed by atoms with Crippen molar-refractivity contribution in [2.45, 2.75) is 52.7 Å². The first-order chi connectivity index (χ1) is 12.6. The van der Waals surface area contributed by atoms with Crippen molar-refractivity contribution < 1.29 is 24.2 Å². The van der Waals surface area contributed by atoms with Crippen LogP contribution in [0.1, 0.15) is 41.0 Å². The van der Waals surface area contributed by atoms with Crippen LogP contribution in [0.3, 0.4) is 0 Å². The third-order valence-corrected chi connectivity index (χ3v) is 5.34. The molecule has 0 saturated heterocycles. The van der Waals surface area contributed by atoms with Gasteiger partial charge in [0, 0.05) is 6.92 Å². The van der Waals surface area contributed by atoms with Gasteiger partial charge >= 0.3 is 5.97 Å². The minimum absolute atomic E-state index is 0.0468. The summed E-state index contributed by atoms with van der Waals surface area (Å²) in [6.07, 6.45) is 7.62. The second kappa shape index (κ2) is 8.44. The molecule has 0 radical (unpaired) electrons. The van der Waals surface area contributed by atoms with Gasteiger partial charge in [0.05, 0.1) is 17.6 Å². The van der Waals surface area contributed by atoms with Gasteiger partial charge in [-0.2, -0.15) is 0 Å². The molecule has 0 fully saturated rings. The third kappa shape index (κ3) is 4.71. The standard InChI is InChI=1S/C21H27ClO5/c1-6-12(2)9-13(3)7-8-15-10-16-17(11-26-15)20(27-14(4)23)21(5,25)19(24)18(16)22/h7-10,12,17,20,25H,6,11H2,1-5H3/b8-7+,13-9+/t12-,17-,20-,21+/m1/s1. The summed E-state index contributed by atoms with van der Waals surface area (Å²) >= 11 is 6.24. The van der Waals surface area contributed by atoms with Gasteiger partial charge in [-0.3, -0.25) is 9.59 Å². The molecule has 1 heterocycles. The largest absolute Gasteiger partial charge is 0.493 e. The van der Waals surface area contributed by atoms with Crippen LogP contribution in [0.5, 0.6) is 0 Å². The maximum absolute atomic E-state index is 12.5. The lowest BCUT2D eigenvalue weighted by Crippen LogP contribution is -2.57. The highest BCUT2D eigenvalue weighted by molar-refractivity contribution is 6.44. The second-order valence-corrected chi connectivity index (χ2v) is 7.75. The Hall–Kier alpha value is -1.85. The lowest BCUT2D eigenvalue weighted by Gasteiger charge is -2.42. The molecule has 2 aliphatic rings. The van der Waals surface area contributed by atoms with Gasteiger partial charge in [0.2, 0.25) is 5.78 Å². The Bertz CT molecular complexity index is 742. The minimum atomic E-state index is -1.89. The van der Waals surface area contributed by atoms with Gasteiger partial charge in [-0.15, -0.1) is 0 Å². The van der Waals surface area contributed by atoms with Gasteiger partial charge < -0.3 is 14.6 Å². The van der Waals surface area contributed by atoms with E-state index in [1.54, 1.807) is 6.08 Å². The zero-order valence-corrected chi connectivity index (χ0v) is 17.2. The molecule has 0 aromatic heterocycles. The van der Waals surface area contributed by atoms with E-state index in [1.165, 1.54) is 13.8 Å². The van der Waals surface area contributed by atoms with Gasteiger partial charge in [0.15, 0.2) is 5.60 Å². The van der Waals surface area contributed by atoms with Crippen LogP contribution in [-0.2, 0) is 19.1 Å². The molecule has 0 amide bonds. The highest BCUT2D eigenvalue weighted by atomic mass is 35.5. The monoisotopic (exact) mass is 394 g/mol. The van der Waals surface area contributed by atoms with E-state index in [4.69, 9.17) is 21.1 Å². The third-order valence-electron chi connectivity index (χ3n) is 4.95. The molecule has 1 aliphatic carbocycles. The molecular weight excluding hydrogens is 368 g/mol. The van der Waals surface area contributed by atoms with Crippen LogP contribution in [0.4, 0.5) is 0 Å². The van der Waals surface area contributed by atoms with Crippen LogP contribution < -0.4 is 0 Å². The number of ketones is 1. The number of aliphatic hydroxyl groups is 1. The molecule has 0 unspecified atom stereocenters. The fourth-order valence-electron chi connectivity index (χ4n) is 3.24. The number of halogens is 1. The lowest BCUT2D eigenvalue weighted by atomic mass is 9.74. The van der Waals surface area contributed by atoms with E-state index in [0.29, 0.717) is 17.3 Å². The van der Waals surface area contributed by atoms with E-state index < -0.39 is 29.4 Å². The summed E-state index contributed by atoms with van der Waals surface area (Å²) in [6, 6.07) is 0. The number of hydrogen-bond donors (Lipinski definition) is 1. The summed E-state index contributed by atoms with van der Waals surface area (Å²) in [6.45, 7) is 8.99. The van der Waals surface area contributed by atoms with Crippen molar-refractivity contribution in [3.8, 4) is 0 Å². The van der Waals surface area contributed by atoms with Crippen molar-refractivity contribution in [1.29, 1.82) is 0 Å². The Kier molecular flexibility index (Phi) is 6.71. The quantitative estimate of drug-likeness (QED) is 0.566. The molecule has 0 saturated carbocycles. The first-order valence-corrected chi connectivity index (χ1v) is 9.50. The molecule has 5 nitrogen and oxygen atoms in total. The highest BCUT2D eigenvalue weighted by Gasteiger charge is 2.53. The van der Waals surface area contributed by atoms with Crippen LogP contribution in [0, 0.1) is 11.8 Å². The summed E-state index contributed by atoms with van der Waals surface area (Å²) in [4.78, 5) is 23.9. The maximum Gasteiger partial charge on any atom is 0.303 e. The van der Waals surface area contributed by atoms with Crippen molar-refractivity contribution in [2.75, 3.05) is 6.61 Å². The topological polar surface area (TPSA) is 72.8 Å². The number of esters is 1. The van der Waals surface area contributed by atoms with Gasteiger partial charge in [-0.1, -0.05) is 49.6 Å². The summed E-state index contributed by atoms with van der Waals surface area (Å²) in [7, 11) is 0. The van der Waals surface area contributed by atoms with Gasteiger partial charge in [0.25, 0.3) is 0 Å². The van der Waals surface area contributed by atoms with E-state index in [-0.39, 0.29) is 11.6 Å². The van der Waals surface area contributed by atoms with Crippen molar-refractivity contribution in [2.24, 2.45) is 11.8 Å². The zero-order chi connectivity index (χ0) is 20.4. The van der Waals surface area contributed by atoms with Crippen LogP contribution in [0.15, 0.2) is 46.2 Å². The number of hydrogen-bond acceptors (Lipinski definition) is 5. The Morgan fingerprint density at radius 3 is 2.78 bits per heavy atom. The van der Waals surface area contributed by atoms with E-state index in [0.717, 1.165) is 12.0 Å². The maximum atomic E-state index is 12.5. The average molecular weight is 395 g/mol. The SMILES string of the molecule is CC[C@@H](C)/C=C(C)/C=C/C1=CC2=C(Cl)C(=O)[C@](C)(O)[C@H](OC(C)=O)[C@@H]2CO1. The molecule has 0 aromatic rings. The first kappa shape index (κ1) is 21.5. The normalized spacial score (nSPS) is 30.0. The number of fused-ring (bicyclic) bond motifs is 1. The molecule has 6 heteroatoms. The van der Waals surface area contributed by atoms with Crippen molar-refractivity contribution in [3.63, 3.8) is 0 Å². The second-order valence-electron chi connectivity index (χ2n) is 7.37. The predicted octanol–water partition coefficient (Wildman–Crippen LogP) is 3.82. The van der Waals surface area contributed by atoms with Crippen LogP contribution in [0.2, 0.25) is 0 Å². The molecule has 148 valence electrons. The van der Waals surface area contributed by atoms with E-state index in [2.05, 4.69) is 19.9 Å². The Morgan fingerprint density at radius 2 is 2.19 bits per heavy atom. The number of carbonyl (C=O) groups is 2. The molecule has 0 aromatic carbocycles. The summed E-state index contributed by atoms with van der Waals surface area (Å²) in [5.74, 6) is -0.697. The van der Waals surface area contributed by atoms with Gasteiger partial charge in [-0.25, -0.2) is 0 Å². The average Bonchev–Trinajstić information content (AvgIpc) is 2.61. The van der Waals surface area contributed by atoms with Crippen molar-refractivity contribution >= 4 is 23.4 Å². The summed E-state index contributed by atoms with van der Waals surface area (Å²) in [5.41, 5.74) is -0.262. The Labute approximate surface area is 165 Å². The number of allylic oxidation sites excluding steroid dienone is 5. The number of rotatable bonds is 5. The fourth-order valence-corrected chi connectivity index (χ4v) is 3.62. The van der Waals surface area contributed by atoms with Gasteiger partial charge in [0.1, 0.15) is 11.9 Å². The smallest absolute Gasteiger partial charge is 0.303 e. The summed E-state index contributed by atoms with van der Waals surface area (Å²) < 4.78 is 11.0. The molecular formula is C21H27ClO5. The minimum Gasteiger partial charge on any atom is -0.493 e. The zero-order valence-electron chi connectivity index (χ0n) is 16.4. The lowest BCUT2D eigenvalue weighted by molar-refractivity contribution is -0.174. The molecule has 2 rings (SSSR count). The van der Waals surface area contributed by atoms with Crippen LogP contribution in [-0.4, -0.2) is 35.2 Å². The predicted molar refractivity (Wildman–Crippen MR) is 104 cm³/mol. The molecule has 0 spiro atoms. The first-order valence-electron chi connectivity index (χ1n) is 9.13. The number of Topliss-reactive ketones (excluding diaryl/α,β-unsaturated/α-hetero) is 1. The molecule has 0 bridgehead atoms.